The monoisotopic (exact) mass is 356 g/mol. The molecule has 7 heteroatoms. The molecule has 0 bridgehead atoms. The fourth-order valence-corrected chi connectivity index (χ4v) is 3.25. The normalized spacial score (nSPS) is 17.3. The van der Waals surface area contributed by atoms with Crippen LogP contribution in [-0.2, 0) is 11.0 Å². The smallest absolute Gasteiger partial charge is 0.409 e. The van der Waals surface area contributed by atoms with Gasteiger partial charge in [-0.05, 0) is 57.2 Å². The summed E-state index contributed by atoms with van der Waals surface area (Å²) in [4.78, 5) is 10.8. The molecule has 0 heterocycles. The molecule has 2 atom stereocenters. The topological polar surface area (TPSA) is 78.4 Å². The van der Waals surface area contributed by atoms with Crippen LogP contribution in [0.25, 0.3) is 0 Å². The Morgan fingerprint density at radius 3 is 2.62 bits per heavy atom. The Morgan fingerprint density at radius 1 is 1.42 bits per heavy atom. The Bertz CT molecular complexity index is 627. The zero-order valence-corrected chi connectivity index (χ0v) is 15.1. The van der Waals surface area contributed by atoms with Crippen molar-refractivity contribution in [1.82, 2.24) is 4.72 Å². The average Bonchev–Trinajstić information content (AvgIpc) is 3.28. The number of halogens is 1. The van der Waals surface area contributed by atoms with Gasteiger partial charge in [0.25, 0.3) is 0 Å². The lowest BCUT2D eigenvalue weighted by atomic mass is 10.0. The Morgan fingerprint density at radius 2 is 2.08 bits per heavy atom. The van der Waals surface area contributed by atoms with E-state index in [4.69, 9.17) is 5.11 Å². The van der Waals surface area contributed by atoms with Crippen molar-refractivity contribution in [3.8, 4) is 0 Å². The highest BCUT2D eigenvalue weighted by Crippen LogP contribution is 2.36. The molecule has 1 unspecified atom stereocenters. The second-order valence-corrected chi connectivity index (χ2v) is 9.24. The third-order valence-corrected chi connectivity index (χ3v) is 5.61. The summed E-state index contributed by atoms with van der Waals surface area (Å²) in [6.45, 7) is 5.66. The summed E-state index contributed by atoms with van der Waals surface area (Å²) in [6, 6.07) is 4.13. The SMILES string of the molecule is CC(C)(C)[S@](=O)NC(CCC1CC1)c1ccc(F)c(NC(=O)O)c1. The van der Waals surface area contributed by atoms with Crippen LogP contribution < -0.4 is 10.0 Å². The van der Waals surface area contributed by atoms with Gasteiger partial charge in [0.15, 0.2) is 0 Å². The molecule has 1 aliphatic carbocycles. The van der Waals surface area contributed by atoms with E-state index >= 15 is 0 Å². The van der Waals surface area contributed by atoms with Crippen LogP contribution in [0.2, 0.25) is 0 Å². The van der Waals surface area contributed by atoms with Crippen molar-refractivity contribution in [3.63, 3.8) is 0 Å². The molecule has 0 saturated heterocycles. The zero-order valence-electron chi connectivity index (χ0n) is 14.3. The molecule has 0 aromatic heterocycles. The number of rotatable bonds is 7. The number of hydrogen-bond acceptors (Lipinski definition) is 2. The van der Waals surface area contributed by atoms with Gasteiger partial charge >= 0.3 is 6.09 Å². The fourth-order valence-electron chi connectivity index (χ4n) is 2.38. The van der Waals surface area contributed by atoms with Gasteiger partial charge in [-0.3, -0.25) is 5.32 Å². The summed E-state index contributed by atoms with van der Waals surface area (Å²) < 4.78 is 28.9. The van der Waals surface area contributed by atoms with E-state index in [1.165, 1.54) is 25.0 Å². The number of carbonyl (C=O) groups is 1. The van der Waals surface area contributed by atoms with Gasteiger partial charge in [0, 0.05) is 6.04 Å². The van der Waals surface area contributed by atoms with E-state index in [0.717, 1.165) is 24.3 Å². The molecule has 1 aliphatic rings. The highest BCUT2D eigenvalue weighted by molar-refractivity contribution is 7.84. The Hall–Kier alpha value is -1.47. The molecule has 1 aromatic carbocycles. The van der Waals surface area contributed by atoms with E-state index in [9.17, 15) is 13.4 Å². The predicted octanol–water partition coefficient (Wildman–Crippen LogP) is 4.20. The van der Waals surface area contributed by atoms with Gasteiger partial charge in [-0.1, -0.05) is 18.9 Å². The number of carboxylic acid groups (broad SMARTS) is 1. The predicted molar refractivity (Wildman–Crippen MR) is 93.8 cm³/mol. The lowest BCUT2D eigenvalue weighted by Crippen LogP contribution is -2.35. The van der Waals surface area contributed by atoms with Gasteiger partial charge in [0.1, 0.15) is 5.82 Å². The largest absolute Gasteiger partial charge is 0.465 e. The first kappa shape index (κ1) is 18.9. The molecule has 0 radical (unpaired) electrons. The van der Waals surface area contributed by atoms with Crippen molar-refractivity contribution in [2.45, 2.75) is 57.2 Å². The molecule has 1 amide bonds. The van der Waals surface area contributed by atoms with Crippen molar-refractivity contribution < 1.29 is 18.5 Å². The van der Waals surface area contributed by atoms with Crippen LogP contribution in [0.1, 0.15) is 58.1 Å². The van der Waals surface area contributed by atoms with Crippen LogP contribution in [0.4, 0.5) is 14.9 Å². The van der Waals surface area contributed by atoms with Gasteiger partial charge in [-0.15, -0.1) is 0 Å². The minimum atomic E-state index is -1.31. The van der Waals surface area contributed by atoms with E-state index in [1.807, 2.05) is 20.8 Å². The maximum Gasteiger partial charge on any atom is 0.409 e. The molecular formula is C17H25FN2O3S. The summed E-state index contributed by atoms with van der Waals surface area (Å²) in [5, 5.41) is 10.9. The summed E-state index contributed by atoms with van der Waals surface area (Å²) in [5.74, 6) is 0.0912. The summed E-state index contributed by atoms with van der Waals surface area (Å²) in [7, 11) is -1.27. The van der Waals surface area contributed by atoms with Crippen LogP contribution in [-0.4, -0.2) is 20.2 Å². The van der Waals surface area contributed by atoms with Crippen molar-refractivity contribution in [1.29, 1.82) is 0 Å². The quantitative estimate of drug-likeness (QED) is 0.685. The first-order valence-electron chi connectivity index (χ1n) is 8.14. The van der Waals surface area contributed by atoms with Crippen molar-refractivity contribution >= 4 is 22.8 Å². The number of benzene rings is 1. The molecule has 1 fully saturated rings. The standard InChI is InChI=1S/C17H25FN2O3S/c1-17(2,3)24(23)20-14(9-6-11-4-5-11)12-7-8-13(18)15(10-12)19-16(21)22/h7-8,10-11,14,19-20H,4-6,9H2,1-3H3,(H,21,22)/t14?,24-/m0/s1. The Kier molecular flexibility index (Phi) is 5.98. The minimum absolute atomic E-state index is 0.0836. The lowest BCUT2D eigenvalue weighted by molar-refractivity contribution is 0.209. The van der Waals surface area contributed by atoms with Crippen molar-refractivity contribution in [2.24, 2.45) is 5.92 Å². The highest BCUT2D eigenvalue weighted by Gasteiger charge is 2.27. The summed E-state index contributed by atoms with van der Waals surface area (Å²) in [5.41, 5.74) is 0.651. The van der Waals surface area contributed by atoms with Gasteiger partial charge in [-0.2, -0.15) is 0 Å². The zero-order chi connectivity index (χ0) is 17.9. The number of amides is 1. The van der Waals surface area contributed by atoms with Gasteiger partial charge in [-0.25, -0.2) is 18.1 Å². The third kappa shape index (κ3) is 5.56. The van der Waals surface area contributed by atoms with Crippen LogP contribution in [0.5, 0.6) is 0 Å². The van der Waals surface area contributed by atoms with E-state index < -0.39 is 27.6 Å². The fraction of sp³-hybridized carbons (Fsp3) is 0.588. The highest BCUT2D eigenvalue weighted by atomic mass is 32.2. The summed E-state index contributed by atoms with van der Waals surface area (Å²) in [6.07, 6.45) is 2.93. The van der Waals surface area contributed by atoms with E-state index in [0.29, 0.717) is 0 Å². The average molecular weight is 356 g/mol. The molecule has 0 spiro atoms. The Labute approximate surface area is 144 Å². The van der Waals surface area contributed by atoms with E-state index in [1.54, 1.807) is 6.07 Å². The van der Waals surface area contributed by atoms with E-state index in [-0.39, 0.29) is 11.7 Å². The number of anilines is 1. The molecule has 3 N–H and O–H groups in total. The van der Waals surface area contributed by atoms with Gasteiger partial charge < -0.3 is 5.11 Å². The van der Waals surface area contributed by atoms with E-state index in [2.05, 4.69) is 10.0 Å². The number of hydrogen-bond donors (Lipinski definition) is 3. The molecule has 1 aromatic rings. The first-order valence-corrected chi connectivity index (χ1v) is 9.29. The molecule has 1 saturated carbocycles. The molecule has 134 valence electrons. The second-order valence-electron chi connectivity index (χ2n) is 7.24. The molecular weight excluding hydrogens is 331 g/mol. The van der Waals surface area contributed by atoms with Crippen LogP contribution in [0.3, 0.4) is 0 Å². The maximum atomic E-state index is 13.8. The second kappa shape index (κ2) is 7.61. The third-order valence-electron chi connectivity index (χ3n) is 4.00. The van der Waals surface area contributed by atoms with Gasteiger partial charge in [0.2, 0.25) is 0 Å². The maximum absolute atomic E-state index is 13.8. The molecule has 2 rings (SSSR count). The Balaban J connectivity index is 2.20. The number of nitrogens with one attached hydrogen (secondary N) is 2. The van der Waals surface area contributed by atoms with Crippen LogP contribution in [0, 0.1) is 11.7 Å². The van der Waals surface area contributed by atoms with Crippen LogP contribution in [0.15, 0.2) is 18.2 Å². The van der Waals surface area contributed by atoms with Crippen LogP contribution >= 0.6 is 0 Å². The lowest BCUT2D eigenvalue weighted by Gasteiger charge is -2.25. The first-order chi connectivity index (χ1) is 11.2. The molecule has 0 aliphatic heterocycles. The van der Waals surface area contributed by atoms with Crippen molar-refractivity contribution in [3.05, 3.63) is 29.6 Å². The minimum Gasteiger partial charge on any atom is -0.465 e. The molecule has 5 nitrogen and oxygen atoms in total. The van der Waals surface area contributed by atoms with Gasteiger partial charge in [0.05, 0.1) is 21.4 Å². The summed E-state index contributed by atoms with van der Waals surface area (Å²) >= 11 is 0. The molecule has 24 heavy (non-hydrogen) atoms. The van der Waals surface area contributed by atoms with Crippen molar-refractivity contribution in [2.75, 3.05) is 5.32 Å².